The summed E-state index contributed by atoms with van der Waals surface area (Å²) < 4.78 is 0. The fourth-order valence-electron chi connectivity index (χ4n) is 1.37. The molecule has 0 radical (unpaired) electrons. The number of hydrogen-bond donors (Lipinski definition) is 2. The van der Waals surface area contributed by atoms with Gasteiger partial charge in [-0.1, -0.05) is 17.8 Å². The molecule has 0 aliphatic rings. The number of phenolic OH excluding ortho intramolecular Hbond substituents is 1. The maximum Gasteiger partial charge on any atom is 0.313 e. The topological polar surface area (TPSA) is 70.4 Å². The molecule has 1 aromatic heterocycles. The summed E-state index contributed by atoms with van der Waals surface area (Å²) >= 11 is 1.14. The van der Waals surface area contributed by atoms with Gasteiger partial charge in [0.25, 0.3) is 0 Å². The van der Waals surface area contributed by atoms with Gasteiger partial charge < -0.3 is 10.2 Å². The number of aromatic nitrogens is 1. The van der Waals surface area contributed by atoms with E-state index < -0.39 is 5.97 Å². The molecule has 0 bridgehead atoms. The van der Waals surface area contributed by atoms with Crippen molar-refractivity contribution in [3.63, 3.8) is 0 Å². The van der Waals surface area contributed by atoms with Crippen molar-refractivity contribution in [3.8, 4) is 5.75 Å². The third-order valence-corrected chi connectivity index (χ3v) is 3.04. The number of carbonyl (C=O) groups is 1. The Bertz CT molecular complexity index is 542. The first kappa shape index (κ1) is 10.8. The lowest BCUT2D eigenvalue weighted by Crippen LogP contribution is -1.98. The van der Waals surface area contributed by atoms with Crippen LogP contribution in [0.5, 0.6) is 5.75 Å². The zero-order chi connectivity index (χ0) is 11.5. The number of carboxylic acids is 1. The van der Waals surface area contributed by atoms with Gasteiger partial charge in [0.2, 0.25) is 0 Å². The Labute approximate surface area is 95.9 Å². The van der Waals surface area contributed by atoms with E-state index in [2.05, 4.69) is 4.98 Å². The van der Waals surface area contributed by atoms with Crippen LogP contribution in [0.4, 0.5) is 0 Å². The average Bonchev–Trinajstić information content (AvgIpc) is 2.26. The van der Waals surface area contributed by atoms with E-state index in [1.165, 1.54) is 0 Å². The van der Waals surface area contributed by atoms with Crippen molar-refractivity contribution in [1.29, 1.82) is 0 Å². The van der Waals surface area contributed by atoms with E-state index in [1.54, 1.807) is 24.4 Å². The molecule has 2 aromatic rings. The van der Waals surface area contributed by atoms with E-state index in [9.17, 15) is 9.90 Å². The molecule has 0 spiro atoms. The Morgan fingerprint density at radius 2 is 2.19 bits per heavy atom. The first-order valence-electron chi connectivity index (χ1n) is 4.59. The minimum Gasteiger partial charge on any atom is -0.508 e. The number of carboxylic acid groups (broad SMARTS) is 1. The molecule has 0 atom stereocenters. The molecule has 0 aliphatic carbocycles. The zero-order valence-corrected chi connectivity index (χ0v) is 9.07. The SMILES string of the molecule is O=C(O)CSc1nccc2ccc(O)cc12. The number of benzene rings is 1. The minimum atomic E-state index is -0.885. The lowest BCUT2D eigenvalue weighted by Gasteiger charge is -2.04. The number of aromatic hydroxyl groups is 1. The molecule has 0 saturated heterocycles. The zero-order valence-electron chi connectivity index (χ0n) is 8.25. The maximum absolute atomic E-state index is 10.5. The standard InChI is InChI=1S/C11H9NO3S/c13-8-2-1-7-3-4-12-11(9(7)5-8)16-6-10(14)15/h1-5,13H,6H2,(H,14,15). The van der Waals surface area contributed by atoms with Crippen LogP contribution in [0, 0.1) is 0 Å². The first-order valence-corrected chi connectivity index (χ1v) is 5.58. The van der Waals surface area contributed by atoms with Crippen molar-refractivity contribution in [3.05, 3.63) is 30.5 Å². The number of fused-ring (bicyclic) bond motifs is 1. The minimum absolute atomic E-state index is 0.0399. The number of nitrogens with zero attached hydrogens (tertiary/aromatic N) is 1. The van der Waals surface area contributed by atoms with Gasteiger partial charge in [0.15, 0.2) is 0 Å². The van der Waals surface area contributed by atoms with E-state index in [1.807, 2.05) is 6.07 Å². The molecule has 2 N–H and O–H groups in total. The van der Waals surface area contributed by atoms with Crippen LogP contribution in [-0.2, 0) is 4.79 Å². The number of hydrogen-bond acceptors (Lipinski definition) is 4. The summed E-state index contributed by atoms with van der Waals surface area (Å²) in [7, 11) is 0. The summed E-state index contributed by atoms with van der Waals surface area (Å²) in [6.45, 7) is 0. The van der Waals surface area contributed by atoms with Crippen LogP contribution in [0.25, 0.3) is 10.8 Å². The van der Waals surface area contributed by atoms with Crippen LogP contribution in [0.3, 0.4) is 0 Å². The predicted molar refractivity (Wildman–Crippen MR) is 61.8 cm³/mol. The monoisotopic (exact) mass is 235 g/mol. The third-order valence-electron chi connectivity index (χ3n) is 2.05. The van der Waals surface area contributed by atoms with Crippen LogP contribution < -0.4 is 0 Å². The molecule has 82 valence electrons. The van der Waals surface area contributed by atoms with Crippen molar-refractivity contribution in [2.24, 2.45) is 0 Å². The van der Waals surface area contributed by atoms with Gasteiger partial charge in [-0.3, -0.25) is 4.79 Å². The second-order valence-electron chi connectivity index (χ2n) is 3.20. The Kier molecular flexibility index (Phi) is 2.96. The molecular formula is C11H9NO3S. The summed E-state index contributed by atoms with van der Waals surface area (Å²) in [5.41, 5.74) is 0. The first-order chi connectivity index (χ1) is 7.66. The van der Waals surface area contributed by atoms with Gasteiger partial charge in [-0.15, -0.1) is 0 Å². The van der Waals surface area contributed by atoms with Crippen molar-refractivity contribution < 1.29 is 15.0 Å². The molecule has 2 rings (SSSR count). The van der Waals surface area contributed by atoms with Crippen molar-refractivity contribution in [1.82, 2.24) is 4.98 Å². The van der Waals surface area contributed by atoms with Crippen molar-refractivity contribution >= 4 is 28.5 Å². The lowest BCUT2D eigenvalue weighted by atomic mass is 10.2. The molecule has 16 heavy (non-hydrogen) atoms. The Balaban J connectivity index is 2.43. The molecule has 4 nitrogen and oxygen atoms in total. The Hall–Kier alpha value is -1.75. The van der Waals surface area contributed by atoms with E-state index in [0.29, 0.717) is 5.03 Å². The van der Waals surface area contributed by atoms with Crippen LogP contribution in [0.15, 0.2) is 35.5 Å². The maximum atomic E-state index is 10.5. The third kappa shape index (κ3) is 2.25. The highest BCUT2D eigenvalue weighted by atomic mass is 32.2. The van der Waals surface area contributed by atoms with E-state index in [4.69, 9.17) is 5.11 Å². The van der Waals surface area contributed by atoms with E-state index >= 15 is 0 Å². The second kappa shape index (κ2) is 4.40. The van der Waals surface area contributed by atoms with Gasteiger partial charge in [-0.2, -0.15) is 0 Å². The van der Waals surface area contributed by atoms with Gasteiger partial charge in [0, 0.05) is 11.6 Å². The summed E-state index contributed by atoms with van der Waals surface area (Å²) in [4.78, 5) is 14.6. The highest BCUT2D eigenvalue weighted by Crippen LogP contribution is 2.28. The number of phenols is 1. The molecular weight excluding hydrogens is 226 g/mol. The molecule has 5 heteroatoms. The predicted octanol–water partition coefficient (Wildman–Crippen LogP) is 2.12. The smallest absolute Gasteiger partial charge is 0.313 e. The summed E-state index contributed by atoms with van der Waals surface area (Å²) in [6.07, 6.45) is 1.63. The highest BCUT2D eigenvalue weighted by Gasteiger charge is 2.06. The van der Waals surface area contributed by atoms with Gasteiger partial charge in [0.1, 0.15) is 10.8 Å². The van der Waals surface area contributed by atoms with Gasteiger partial charge in [-0.25, -0.2) is 4.98 Å². The normalized spacial score (nSPS) is 10.5. The number of rotatable bonds is 3. The molecule has 0 saturated carbocycles. The Morgan fingerprint density at radius 1 is 1.38 bits per heavy atom. The fraction of sp³-hybridized carbons (Fsp3) is 0.0909. The van der Waals surface area contributed by atoms with Crippen LogP contribution in [-0.4, -0.2) is 26.9 Å². The van der Waals surface area contributed by atoms with Crippen molar-refractivity contribution in [2.75, 3.05) is 5.75 Å². The lowest BCUT2D eigenvalue weighted by molar-refractivity contribution is -0.133. The second-order valence-corrected chi connectivity index (χ2v) is 4.17. The van der Waals surface area contributed by atoms with Gasteiger partial charge in [0.05, 0.1) is 5.75 Å². The average molecular weight is 235 g/mol. The quantitative estimate of drug-likeness (QED) is 0.797. The molecule has 0 amide bonds. The molecule has 0 unspecified atom stereocenters. The molecule has 1 heterocycles. The number of thioether (sulfide) groups is 1. The fourth-order valence-corrected chi connectivity index (χ4v) is 2.10. The molecule has 0 aliphatic heterocycles. The molecule has 1 aromatic carbocycles. The Morgan fingerprint density at radius 3 is 2.94 bits per heavy atom. The highest BCUT2D eigenvalue weighted by molar-refractivity contribution is 8.00. The van der Waals surface area contributed by atoms with E-state index in [0.717, 1.165) is 22.5 Å². The van der Waals surface area contributed by atoms with Crippen LogP contribution in [0.2, 0.25) is 0 Å². The number of aliphatic carboxylic acids is 1. The van der Waals surface area contributed by atoms with E-state index in [-0.39, 0.29) is 11.5 Å². The van der Waals surface area contributed by atoms with Gasteiger partial charge in [-0.05, 0) is 23.6 Å². The molecule has 0 fully saturated rings. The van der Waals surface area contributed by atoms with Gasteiger partial charge >= 0.3 is 5.97 Å². The summed E-state index contributed by atoms with van der Waals surface area (Å²) in [6, 6.07) is 6.78. The largest absolute Gasteiger partial charge is 0.508 e. The van der Waals surface area contributed by atoms with Crippen LogP contribution >= 0.6 is 11.8 Å². The number of pyridine rings is 1. The summed E-state index contributed by atoms with van der Waals surface area (Å²) in [5, 5.41) is 20.3. The van der Waals surface area contributed by atoms with Crippen LogP contribution in [0.1, 0.15) is 0 Å². The summed E-state index contributed by atoms with van der Waals surface area (Å²) in [5.74, 6) is -0.775. The van der Waals surface area contributed by atoms with Crippen molar-refractivity contribution in [2.45, 2.75) is 5.03 Å².